The first-order chi connectivity index (χ1) is 13.7. The molecule has 138 valence electrons. The molecule has 3 aromatic carbocycles. The SMILES string of the molecule is O=C(O)[C@@]12c3ccccc3-c3ccccc3[C@@]13COC[C@H]3[C@@H]2c1ccccc1. The van der Waals surface area contributed by atoms with Crippen LogP contribution in [-0.4, -0.2) is 24.3 Å². The fraction of sp³-hybridized carbons (Fsp3) is 0.240. The van der Waals surface area contributed by atoms with E-state index >= 15 is 0 Å². The Balaban J connectivity index is 1.75. The summed E-state index contributed by atoms with van der Waals surface area (Å²) in [5.41, 5.74) is 3.80. The molecule has 1 N–H and O–H groups in total. The van der Waals surface area contributed by atoms with E-state index in [1.807, 2.05) is 48.5 Å². The maximum atomic E-state index is 13.2. The van der Waals surface area contributed by atoms with Crippen LogP contribution in [0.1, 0.15) is 22.6 Å². The Kier molecular flexibility index (Phi) is 3.06. The van der Waals surface area contributed by atoms with Gasteiger partial charge in [0.1, 0.15) is 5.41 Å². The number of fused-ring (bicyclic) bond motifs is 4. The summed E-state index contributed by atoms with van der Waals surface area (Å²) in [5.74, 6) is -0.700. The van der Waals surface area contributed by atoms with Crippen LogP contribution in [0.2, 0.25) is 0 Å². The van der Waals surface area contributed by atoms with E-state index in [0.29, 0.717) is 13.2 Å². The first-order valence-electron chi connectivity index (χ1n) is 9.78. The van der Waals surface area contributed by atoms with Gasteiger partial charge in [-0.15, -0.1) is 0 Å². The molecule has 2 fully saturated rings. The maximum Gasteiger partial charge on any atom is 0.315 e. The molecular weight excluding hydrogens is 348 g/mol. The number of hydrogen-bond acceptors (Lipinski definition) is 2. The highest BCUT2D eigenvalue weighted by atomic mass is 16.5. The van der Waals surface area contributed by atoms with Crippen LogP contribution in [0.3, 0.4) is 0 Å². The van der Waals surface area contributed by atoms with E-state index in [-0.39, 0.29) is 11.8 Å². The van der Waals surface area contributed by atoms with E-state index < -0.39 is 16.8 Å². The lowest BCUT2D eigenvalue weighted by Gasteiger charge is -2.66. The minimum atomic E-state index is -1.01. The van der Waals surface area contributed by atoms with E-state index in [1.54, 1.807) is 0 Å². The molecule has 1 saturated carbocycles. The van der Waals surface area contributed by atoms with Gasteiger partial charge in [0.15, 0.2) is 0 Å². The summed E-state index contributed by atoms with van der Waals surface area (Å²) >= 11 is 0. The number of carboxylic acid groups (broad SMARTS) is 1. The van der Waals surface area contributed by atoms with Crippen molar-refractivity contribution in [2.24, 2.45) is 5.92 Å². The normalized spacial score (nSPS) is 31.7. The molecule has 3 heteroatoms. The number of carboxylic acids is 1. The fourth-order valence-electron chi connectivity index (χ4n) is 6.51. The van der Waals surface area contributed by atoms with Crippen LogP contribution < -0.4 is 0 Å². The van der Waals surface area contributed by atoms with E-state index in [0.717, 1.165) is 27.8 Å². The van der Waals surface area contributed by atoms with E-state index in [9.17, 15) is 9.90 Å². The Morgan fingerprint density at radius 3 is 2.18 bits per heavy atom. The summed E-state index contributed by atoms with van der Waals surface area (Å²) in [6.07, 6.45) is 0. The van der Waals surface area contributed by atoms with Crippen molar-refractivity contribution in [2.45, 2.75) is 16.7 Å². The Hall–Kier alpha value is -2.91. The van der Waals surface area contributed by atoms with Gasteiger partial charge in [-0.2, -0.15) is 0 Å². The summed E-state index contributed by atoms with van der Waals surface area (Å²) in [7, 11) is 0. The number of benzene rings is 3. The van der Waals surface area contributed by atoms with Crippen LogP contribution in [0.5, 0.6) is 0 Å². The molecule has 1 spiro atoms. The third-order valence-corrected chi connectivity index (χ3v) is 7.38. The predicted octanol–water partition coefficient (Wildman–Crippen LogP) is 4.37. The molecule has 2 aliphatic carbocycles. The molecule has 3 aromatic rings. The van der Waals surface area contributed by atoms with Crippen molar-refractivity contribution in [3.05, 3.63) is 95.6 Å². The highest BCUT2D eigenvalue weighted by Crippen LogP contribution is 2.75. The smallest absolute Gasteiger partial charge is 0.315 e. The lowest BCUT2D eigenvalue weighted by atomic mass is 9.32. The summed E-state index contributed by atoms with van der Waals surface area (Å²) < 4.78 is 6.03. The molecule has 1 heterocycles. The van der Waals surface area contributed by atoms with Gasteiger partial charge in [0.2, 0.25) is 0 Å². The summed E-state index contributed by atoms with van der Waals surface area (Å²) in [6, 6.07) is 26.5. The van der Waals surface area contributed by atoms with Gasteiger partial charge in [0, 0.05) is 17.3 Å². The third kappa shape index (κ3) is 1.56. The van der Waals surface area contributed by atoms with Crippen molar-refractivity contribution in [1.29, 1.82) is 0 Å². The Morgan fingerprint density at radius 1 is 0.857 bits per heavy atom. The molecule has 1 aliphatic heterocycles. The quantitative estimate of drug-likeness (QED) is 0.731. The van der Waals surface area contributed by atoms with Gasteiger partial charge >= 0.3 is 5.97 Å². The molecule has 3 nitrogen and oxygen atoms in total. The standard InChI is InChI=1S/C25H20O3/c26-23(27)25-20-13-7-5-11-18(20)17-10-4-6-12-19(17)24(25)15-28-14-21(24)22(25)16-8-2-1-3-9-16/h1-13,21-22H,14-15H2,(H,26,27)/t21-,22-,24+,25-/m0/s1. The third-order valence-electron chi connectivity index (χ3n) is 7.38. The zero-order valence-electron chi connectivity index (χ0n) is 15.3. The zero-order valence-corrected chi connectivity index (χ0v) is 15.3. The molecule has 3 aliphatic rings. The van der Waals surface area contributed by atoms with Gasteiger partial charge in [-0.25, -0.2) is 0 Å². The summed E-state index contributed by atoms with van der Waals surface area (Å²) in [4.78, 5) is 13.2. The second kappa shape index (κ2) is 5.33. The van der Waals surface area contributed by atoms with Gasteiger partial charge in [0.05, 0.1) is 13.2 Å². The molecule has 0 radical (unpaired) electrons. The highest BCUT2D eigenvalue weighted by molar-refractivity contribution is 5.96. The topological polar surface area (TPSA) is 46.5 Å². The molecule has 0 amide bonds. The number of hydrogen-bond donors (Lipinski definition) is 1. The van der Waals surface area contributed by atoms with Crippen molar-refractivity contribution in [3.63, 3.8) is 0 Å². The van der Waals surface area contributed by atoms with Crippen molar-refractivity contribution < 1.29 is 14.6 Å². The first-order valence-corrected chi connectivity index (χ1v) is 9.78. The van der Waals surface area contributed by atoms with Gasteiger partial charge in [0.25, 0.3) is 0 Å². The lowest BCUT2D eigenvalue weighted by molar-refractivity contribution is -0.160. The van der Waals surface area contributed by atoms with Gasteiger partial charge in [-0.3, -0.25) is 4.79 Å². The minimum Gasteiger partial charge on any atom is -0.481 e. The summed E-state index contributed by atoms with van der Waals surface area (Å²) in [6.45, 7) is 1.06. The maximum absolute atomic E-state index is 13.2. The van der Waals surface area contributed by atoms with Crippen molar-refractivity contribution in [2.75, 3.05) is 13.2 Å². The largest absolute Gasteiger partial charge is 0.481 e. The van der Waals surface area contributed by atoms with Crippen LogP contribution in [-0.2, 0) is 20.4 Å². The Bertz CT molecular complexity index is 1110. The molecule has 6 rings (SSSR count). The molecule has 1 saturated heterocycles. The summed E-state index contributed by atoms with van der Waals surface area (Å²) in [5, 5.41) is 10.8. The number of ether oxygens (including phenoxy) is 1. The predicted molar refractivity (Wildman–Crippen MR) is 106 cm³/mol. The monoisotopic (exact) mass is 368 g/mol. The second-order valence-corrected chi connectivity index (χ2v) is 8.19. The highest BCUT2D eigenvalue weighted by Gasteiger charge is 2.80. The fourth-order valence-corrected chi connectivity index (χ4v) is 6.51. The number of rotatable bonds is 2. The van der Waals surface area contributed by atoms with Crippen LogP contribution >= 0.6 is 0 Å². The van der Waals surface area contributed by atoms with Crippen molar-refractivity contribution in [3.8, 4) is 11.1 Å². The van der Waals surface area contributed by atoms with Crippen LogP contribution in [0.25, 0.3) is 11.1 Å². The van der Waals surface area contributed by atoms with Gasteiger partial charge in [-0.05, 0) is 27.8 Å². The van der Waals surface area contributed by atoms with E-state index in [1.165, 1.54) is 0 Å². The second-order valence-electron chi connectivity index (χ2n) is 8.19. The molecule has 28 heavy (non-hydrogen) atoms. The van der Waals surface area contributed by atoms with Gasteiger partial charge < -0.3 is 9.84 Å². The number of carbonyl (C=O) groups is 1. The Labute approximate surface area is 163 Å². The molecular formula is C25H20O3. The van der Waals surface area contributed by atoms with Crippen LogP contribution in [0.15, 0.2) is 78.9 Å². The lowest BCUT2D eigenvalue weighted by Crippen LogP contribution is -2.73. The molecule has 0 aromatic heterocycles. The van der Waals surface area contributed by atoms with Crippen LogP contribution in [0.4, 0.5) is 0 Å². The average molecular weight is 368 g/mol. The Morgan fingerprint density at radius 2 is 1.46 bits per heavy atom. The van der Waals surface area contributed by atoms with Crippen molar-refractivity contribution in [1.82, 2.24) is 0 Å². The van der Waals surface area contributed by atoms with Crippen LogP contribution in [0, 0.1) is 5.92 Å². The molecule has 4 atom stereocenters. The molecule has 0 unspecified atom stereocenters. The van der Waals surface area contributed by atoms with Gasteiger partial charge in [-0.1, -0.05) is 78.9 Å². The first kappa shape index (κ1) is 16.1. The molecule has 0 bridgehead atoms. The zero-order chi connectivity index (χ0) is 18.9. The average Bonchev–Trinajstić information content (AvgIpc) is 3.08. The van der Waals surface area contributed by atoms with Crippen molar-refractivity contribution >= 4 is 5.97 Å². The minimum absolute atomic E-state index is 0.108. The van der Waals surface area contributed by atoms with E-state index in [2.05, 4.69) is 30.3 Å². The number of aliphatic carboxylic acids is 1. The van der Waals surface area contributed by atoms with E-state index in [4.69, 9.17) is 4.74 Å².